The predicted octanol–water partition coefficient (Wildman–Crippen LogP) is 5.18. The first-order chi connectivity index (χ1) is 16.5. The van der Waals surface area contributed by atoms with Gasteiger partial charge in [-0.1, -0.05) is 67.1 Å². The molecule has 174 valence electrons. The van der Waals surface area contributed by atoms with Crippen molar-refractivity contribution < 1.29 is 9.90 Å². The minimum absolute atomic E-state index is 0.0129. The van der Waals surface area contributed by atoms with Gasteiger partial charge in [0.15, 0.2) is 0 Å². The molecule has 1 aliphatic rings. The molecule has 0 radical (unpaired) electrons. The van der Waals surface area contributed by atoms with E-state index in [2.05, 4.69) is 41.1 Å². The number of carboxylic acid groups (broad SMARTS) is 1. The van der Waals surface area contributed by atoms with Crippen molar-refractivity contribution in [2.24, 2.45) is 0 Å². The number of anilines is 2. The number of rotatable bonds is 8. The molecule has 0 bridgehead atoms. The van der Waals surface area contributed by atoms with Crippen molar-refractivity contribution in [3.05, 3.63) is 94.0 Å². The number of nitrogens with one attached hydrogen (secondary N) is 3. The highest BCUT2D eigenvalue weighted by Crippen LogP contribution is 2.33. The molecule has 0 fully saturated rings. The number of carboxylic acids is 1. The zero-order valence-corrected chi connectivity index (χ0v) is 19.6. The summed E-state index contributed by atoms with van der Waals surface area (Å²) in [5.74, 6) is -0.768. The number of para-hydroxylation sites is 1. The van der Waals surface area contributed by atoms with Crippen molar-refractivity contribution >= 4 is 28.9 Å². The van der Waals surface area contributed by atoms with Crippen LogP contribution in [0.25, 0.3) is 0 Å². The average Bonchev–Trinajstić information content (AvgIpc) is 2.84. The fraction of sp³-hybridized carbons (Fsp3) is 0.259. The molecular weight excluding hydrogens is 448 g/mol. The van der Waals surface area contributed by atoms with Crippen LogP contribution in [-0.2, 0) is 11.2 Å². The van der Waals surface area contributed by atoms with Crippen LogP contribution in [0, 0.1) is 11.3 Å². The molecule has 4 N–H and O–H groups in total. The van der Waals surface area contributed by atoms with E-state index in [1.807, 2.05) is 48.5 Å². The predicted molar refractivity (Wildman–Crippen MR) is 135 cm³/mol. The number of halogens is 1. The van der Waals surface area contributed by atoms with Crippen molar-refractivity contribution in [3.8, 4) is 6.07 Å². The molecular formula is C27H27ClN4O2. The molecule has 1 aliphatic heterocycles. The van der Waals surface area contributed by atoms with E-state index in [9.17, 15) is 10.1 Å². The van der Waals surface area contributed by atoms with Crippen LogP contribution < -0.4 is 16.0 Å². The largest absolute Gasteiger partial charge is 0.481 e. The van der Waals surface area contributed by atoms with Crippen LogP contribution in [0.1, 0.15) is 41.1 Å². The normalized spacial score (nSPS) is 16.3. The van der Waals surface area contributed by atoms with Crippen LogP contribution >= 0.6 is 11.6 Å². The van der Waals surface area contributed by atoms with E-state index >= 15 is 0 Å². The van der Waals surface area contributed by atoms with Crippen LogP contribution in [0.4, 0.5) is 11.4 Å². The average molecular weight is 475 g/mol. The van der Waals surface area contributed by atoms with Crippen LogP contribution in [0.3, 0.4) is 0 Å². The molecule has 0 saturated heterocycles. The van der Waals surface area contributed by atoms with Crippen LogP contribution in [0.15, 0.2) is 66.7 Å². The lowest BCUT2D eigenvalue weighted by Crippen LogP contribution is -2.45. The third-order valence-electron chi connectivity index (χ3n) is 6.18. The Morgan fingerprint density at radius 2 is 2.00 bits per heavy atom. The van der Waals surface area contributed by atoms with Gasteiger partial charge in [0.1, 0.15) is 6.07 Å². The fourth-order valence-corrected chi connectivity index (χ4v) is 4.82. The maximum atomic E-state index is 11.0. The Bertz CT molecular complexity index is 1210. The van der Waals surface area contributed by atoms with E-state index in [-0.39, 0.29) is 24.4 Å². The second-order valence-electron chi connectivity index (χ2n) is 8.60. The molecule has 0 spiro atoms. The monoisotopic (exact) mass is 474 g/mol. The van der Waals surface area contributed by atoms with Crippen molar-refractivity contribution in [1.82, 2.24) is 5.32 Å². The Labute approximate surface area is 204 Å². The number of benzene rings is 3. The second kappa shape index (κ2) is 10.6. The highest BCUT2D eigenvalue weighted by atomic mass is 35.5. The Morgan fingerprint density at radius 1 is 1.21 bits per heavy atom. The van der Waals surface area contributed by atoms with Crippen molar-refractivity contribution in [3.63, 3.8) is 0 Å². The summed E-state index contributed by atoms with van der Waals surface area (Å²) in [5, 5.41) is 29.9. The fourth-order valence-electron chi connectivity index (χ4n) is 4.43. The van der Waals surface area contributed by atoms with Gasteiger partial charge in [-0.05, 0) is 40.8 Å². The van der Waals surface area contributed by atoms with Crippen molar-refractivity contribution in [1.29, 1.82) is 5.26 Å². The summed E-state index contributed by atoms with van der Waals surface area (Å²) in [6, 6.07) is 23.7. The topological polar surface area (TPSA) is 97.2 Å². The Kier molecular flexibility index (Phi) is 7.36. The number of fused-ring (bicyclic) bond motifs is 1. The number of nitrogens with zero attached hydrogens (tertiary/aromatic N) is 1. The van der Waals surface area contributed by atoms with E-state index in [0.717, 1.165) is 22.5 Å². The van der Waals surface area contributed by atoms with E-state index in [1.165, 1.54) is 0 Å². The molecule has 0 amide bonds. The van der Waals surface area contributed by atoms with Gasteiger partial charge in [0.25, 0.3) is 0 Å². The summed E-state index contributed by atoms with van der Waals surface area (Å²) in [5.41, 5.74) is 5.19. The molecule has 7 heteroatoms. The van der Waals surface area contributed by atoms with Crippen LogP contribution in [0.5, 0.6) is 0 Å². The smallest absolute Gasteiger partial charge is 0.307 e. The summed E-state index contributed by atoms with van der Waals surface area (Å²) in [6.45, 7) is 3.47. The molecule has 0 aliphatic carbocycles. The summed E-state index contributed by atoms with van der Waals surface area (Å²) in [4.78, 5) is 11.0. The molecule has 0 unspecified atom stereocenters. The standard InChI is InChI=1S/C27H27ClN4O2/c1-17(21-11-10-18(12-22(21)28)13-25(33)34)15-31-26(19-6-3-2-4-7-19)24-16-30-23-9-5-8-20(14-29)27(23)32-24/h2-12,17,24,26,30-32H,13,15-16H2,1H3,(H,33,34)/t17-,24+,26+/m0/s1. The third-order valence-corrected chi connectivity index (χ3v) is 6.51. The highest BCUT2D eigenvalue weighted by molar-refractivity contribution is 6.31. The van der Waals surface area contributed by atoms with Gasteiger partial charge >= 0.3 is 5.97 Å². The molecule has 3 aromatic carbocycles. The molecule has 3 aromatic rings. The number of nitriles is 1. The van der Waals surface area contributed by atoms with Gasteiger partial charge in [-0.15, -0.1) is 0 Å². The summed E-state index contributed by atoms with van der Waals surface area (Å²) < 4.78 is 0. The minimum atomic E-state index is -0.876. The van der Waals surface area contributed by atoms with Gasteiger partial charge in [-0.3, -0.25) is 4.79 Å². The number of hydrogen-bond donors (Lipinski definition) is 4. The highest BCUT2D eigenvalue weighted by Gasteiger charge is 2.28. The third kappa shape index (κ3) is 5.33. The molecule has 34 heavy (non-hydrogen) atoms. The first-order valence-electron chi connectivity index (χ1n) is 11.3. The van der Waals surface area contributed by atoms with Crippen LogP contribution in [-0.4, -0.2) is 30.2 Å². The summed E-state index contributed by atoms with van der Waals surface area (Å²) in [6.07, 6.45) is -0.0464. The van der Waals surface area contributed by atoms with Gasteiger partial charge in [-0.25, -0.2) is 0 Å². The Morgan fingerprint density at radius 3 is 2.71 bits per heavy atom. The molecule has 6 nitrogen and oxygen atoms in total. The minimum Gasteiger partial charge on any atom is -0.481 e. The van der Waals surface area contributed by atoms with E-state index < -0.39 is 5.97 Å². The van der Waals surface area contributed by atoms with Crippen molar-refractivity contribution in [2.45, 2.75) is 31.3 Å². The molecule has 1 heterocycles. The maximum absolute atomic E-state index is 11.0. The first-order valence-corrected chi connectivity index (χ1v) is 11.7. The lowest BCUT2D eigenvalue weighted by Gasteiger charge is -2.36. The van der Waals surface area contributed by atoms with E-state index in [0.29, 0.717) is 29.2 Å². The molecule has 0 aromatic heterocycles. The van der Waals surface area contributed by atoms with Gasteiger partial charge in [0.05, 0.1) is 35.4 Å². The van der Waals surface area contributed by atoms with E-state index in [4.69, 9.17) is 16.7 Å². The number of aliphatic carboxylic acids is 1. The number of carbonyl (C=O) groups is 1. The lowest BCUT2D eigenvalue weighted by atomic mass is 9.94. The summed E-state index contributed by atoms with van der Waals surface area (Å²) in [7, 11) is 0. The Hall–Kier alpha value is -3.53. The Balaban J connectivity index is 1.53. The van der Waals surface area contributed by atoms with Gasteiger partial charge in [0, 0.05) is 18.1 Å². The maximum Gasteiger partial charge on any atom is 0.307 e. The quantitative estimate of drug-likeness (QED) is 0.359. The lowest BCUT2D eigenvalue weighted by molar-refractivity contribution is -0.136. The molecule has 3 atom stereocenters. The summed E-state index contributed by atoms with van der Waals surface area (Å²) >= 11 is 6.50. The SMILES string of the molecule is C[C@@H](CN[C@H](c1ccccc1)[C@H]1CNc2cccc(C#N)c2N1)c1ccc(CC(=O)O)cc1Cl. The van der Waals surface area contributed by atoms with Gasteiger partial charge in [-0.2, -0.15) is 5.26 Å². The van der Waals surface area contributed by atoms with Crippen molar-refractivity contribution in [2.75, 3.05) is 23.7 Å². The first kappa shape index (κ1) is 23.6. The van der Waals surface area contributed by atoms with Gasteiger partial charge < -0.3 is 21.1 Å². The van der Waals surface area contributed by atoms with Gasteiger partial charge in [0.2, 0.25) is 0 Å². The molecule has 0 saturated carbocycles. The zero-order chi connectivity index (χ0) is 24.1. The zero-order valence-electron chi connectivity index (χ0n) is 18.9. The van der Waals surface area contributed by atoms with E-state index in [1.54, 1.807) is 6.07 Å². The van der Waals surface area contributed by atoms with Crippen LogP contribution in [0.2, 0.25) is 5.02 Å². The second-order valence-corrected chi connectivity index (χ2v) is 9.00. The number of hydrogen-bond acceptors (Lipinski definition) is 5. The molecule has 4 rings (SSSR count).